The zero-order chi connectivity index (χ0) is 13.5. The highest BCUT2D eigenvalue weighted by molar-refractivity contribution is 5.69. The van der Waals surface area contributed by atoms with Crippen molar-refractivity contribution >= 4 is 12.4 Å². The Bertz CT molecular complexity index is 204. The molecule has 0 heterocycles. The van der Waals surface area contributed by atoms with Crippen molar-refractivity contribution in [2.45, 2.75) is 71.1 Å². The topological polar surface area (TPSA) is 52.6 Å². The zero-order valence-electron chi connectivity index (χ0n) is 11.5. The second kappa shape index (κ2) is 14.0. The maximum absolute atomic E-state index is 11.1. The van der Waals surface area contributed by atoms with Gasteiger partial charge in [0.15, 0.2) is 0 Å². The molecule has 18 heavy (non-hydrogen) atoms. The summed E-state index contributed by atoms with van der Waals surface area (Å²) in [5, 5.41) is 0. The maximum Gasteiger partial charge on any atom is 0.308 e. The Kier molecular flexibility index (Phi) is 13.2. The van der Waals surface area contributed by atoms with Crippen LogP contribution in [-0.2, 0) is 19.1 Å². The van der Waals surface area contributed by atoms with Crippen molar-refractivity contribution in [2.75, 3.05) is 6.79 Å². The quantitative estimate of drug-likeness (QED) is 0.219. The summed E-state index contributed by atoms with van der Waals surface area (Å²) >= 11 is 0. The van der Waals surface area contributed by atoms with Gasteiger partial charge in [-0.1, -0.05) is 58.3 Å². The first kappa shape index (κ1) is 16.9. The van der Waals surface area contributed by atoms with E-state index in [1.165, 1.54) is 44.9 Å². The van der Waals surface area contributed by atoms with E-state index in [-0.39, 0.29) is 19.2 Å². The Morgan fingerprint density at radius 1 is 0.944 bits per heavy atom. The third-order valence-corrected chi connectivity index (χ3v) is 2.84. The van der Waals surface area contributed by atoms with E-state index >= 15 is 0 Å². The molecule has 4 heteroatoms. The molecule has 0 aliphatic rings. The van der Waals surface area contributed by atoms with E-state index in [9.17, 15) is 9.59 Å². The van der Waals surface area contributed by atoms with Crippen molar-refractivity contribution in [1.82, 2.24) is 0 Å². The number of esters is 1. The fourth-order valence-electron chi connectivity index (χ4n) is 1.78. The van der Waals surface area contributed by atoms with Crippen LogP contribution in [0.15, 0.2) is 0 Å². The standard InChI is InChI=1S/C14H26O4/c1-2-3-4-5-6-7-8-9-10-11-14(16)18-13-17-12-15/h12H,2-11,13H2,1H3. The average Bonchev–Trinajstić information content (AvgIpc) is 2.37. The van der Waals surface area contributed by atoms with Crippen LogP contribution >= 0.6 is 0 Å². The molecule has 0 rings (SSSR count). The molecule has 0 aromatic heterocycles. The molecule has 0 N–H and O–H groups in total. The van der Waals surface area contributed by atoms with Gasteiger partial charge in [-0.15, -0.1) is 0 Å². The first-order valence-electron chi connectivity index (χ1n) is 7.02. The van der Waals surface area contributed by atoms with E-state index < -0.39 is 0 Å². The van der Waals surface area contributed by atoms with Gasteiger partial charge in [-0.2, -0.15) is 0 Å². The second-order valence-electron chi connectivity index (χ2n) is 4.48. The fraction of sp³-hybridized carbons (Fsp3) is 0.857. The van der Waals surface area contributed by atoms with Crippen molar-refractivity contribution in [3.8, 4) is 0 Å². The highest BCUT2D eigenvalue weighted by Gasteiger charge is 2.01. The summed E-state index contributed by atoms with van der Waals surface area (Å²) in [6.45, 7) is 2.23. The minimum absolute atomic E-state index is 0.264. The van der Waals surface area contributed by atoms with Gasteiger partial charge in [-0.05, 0) is 6.42 Å². The lowest BCUT2D eigenvalue weighted by Gasteiger charge is -2.03. The summed E-state index contributed by atoms with van der Waals surface area (Å²) in [6, 6.07) is 0. The highest BCUT2D eigenvalue weighted by atomic mass is 16.7. The molecular weight excluding hydrogens is 232 g/mol. The smallest absolute Gasteiger partial charge is 0.308 e. The molecule has 0 aliphatic heterocycles. The molecule has 0 aromatic rings. The summed E-state index contributed by atoms with van der Waals surface area (Å²) in [7, 11) is 0. The van der Waals surface area contributed by atoms with E-state index in [1.54, 1.807) is 0 Å². The minimum atomic E-state index is -0.292. The lowest BCUT2D eigenvalue weighted by Crippen LogP contribution is -2.07. The van der Waals surface area contributed by atoms with Gasteiger partial charge in [0.1, 0.15) is 0 Å². The molecule has 0 aliphatic carbocycles. The molecule has 0 saturated heterocycles. The van der Waals surface area contributed by atoms with E-state index in [1.807, 2.05) is 0 Å². The molecule has 106 valence electrons. The van der Waals surface area contributed by atoms with Crippen molar-refractivity contribution < 1.29 is 19.1 Å². The summed E-state index contributed by atoms with van der Waals surface area (Å²) < 4.78 is 8.93. The van der Waals surface area contributed by atoms with Gasteiger partial charge in [0.25, 0.3) is 6.47 Å². The average molecular weight is 258 g/mol. The third kappa shape index (κ3) is 13.0. The predicted octanol–water partition coefficient (Wildman–Crippen LogP) is 3.58. The van der Waals surface area contributed by atoms with Crippen LogP contribution in [0.5, 0.6) is 0 Å². The van der Waals surface area contributed by atoms with Crippen LogP contribution in [0, 0.1) is 0 Å². The number of rotatable bonds is 13. The highest BCUT2D eigenvalue weighted by Crippen LogP contribution is 2.10. The monoisotopic (exact) mass is 258 g/mol. The van der Waals surface area contributed by atoms with Crippen LogP contribution in [0.4, 0.5) is 0 Å². The van der Waals surface area contributed by atoms with Gasteiger partial charge in [0, 0.05) is 6.42 Å². The predicted molar refractivity (Wildman–Crippen MR) is 70.0 cm³/mol. The fourth-order valence-corrected chi connectivity index (χ4v) is 1.78. The Hall–Kier alpha value is -1.06. The lowest BCUT2D eigenvalue weighted by atomic mass is 10.1. The molecule has 0 bridgehead atoms. The first-order valence-corrected chi connectivity index (χ1v) is 7.02. The Balaban J connectivity index is 3.10. The van der Waals surface area contributed by atoms with Gasteiger partial charge in [0.05, 0.1) is 0 Å². The van der Waals surface area contributed by atoms with Crippen LogP contribution in [0.2, 0.25) is 0 Å². The number of carbonyl (C=O) groups is 2. The third-order valence-electron chi connectivity index (χ3n) is 2.84. The van der Waals surface area contributed by atoms with Crippen LogP contribution in [0.25, 0.3) is 0 Å². The van der Waals surface area contributed by atoms with Gasteiger partial charge in [-0.25, -0.2) is 0 Å². The van der Waals surface area contributed by atoms with Crippen molar-refractivity contribution in [3.63, 3.8) is 0 Å². The van der Waals surface area contributed by atoms with E-state index in [0.717, 1.165) is 12.8 Å². The lowest BCUT2D eigenvalue weighted by molar-refractivity contribution is -0.160. The van der Waals surface area contributed by atoms with Crippen LogP contribution in [0.3, 0.4) is 0 Å². The van der Waals surface area contributed by atoms with Crippen molar-refractivity contribution in [1.29, 1.82) is 0 Å². The molecule has 4 nitrogen and oxygen atoms in total. The van der Waals surface area contributed by atoms with Crippen LogP contribution in [0.1, 0.15) is 71.1 Å². The van der Waals surface area contributed by atoms with Gasteiger partial charge >= 0.3 is 5.97 Å². The molecular formula is C14H26O4. The Morgan fingerprint density at radius 2 is 1.50 bits per heavy atom. The summed E-state index contributed by atoms with van der Waals surface area (Å²) in [5.74, 6) is -0.292. The molecule has 0 radical (unpaired) electrons. The van der Waals surface area contributed by atoms with Gasteiger partial charge in [-0.3, -0.25) is 9.59 Å². The first-order chi connectivity index (χ1) is 8.81. The van der Waals surface area contributed by atoms with Crippen molar-refractivity contribution in [3.05, 3.63) is 0 Å². The normalized spacial score (nSPS) is 10.1. The molecule has 0 atom stereocenters. The SMILES string of the molecule is CCCCCCCCCCCC(=O)OCOC=O. The van der Waals surface area contributed by atoms with Crippen LogP contribution in [-0.4, -0.2) is 19.2 Å². The summed E-state index contributed by atoms with van der Waals surface area (Å²) in [6.07, 6.45) is 11.4. The molecule has 0 saturated carbocycles. The minimum Gasteiger partial charge on any atom is -0.430 e. The molecule has 0 spiro atoms. The molecule has 0 aromatic carbocycles. The zero-order valence-corrected chi connectivity index (χ0v) is 11.5. The molecule has 0 fully saturated rings. The second-order valence-corrected chi connectivity index (χ2v) is 4.48. The summed E-state index contributed by atoms with van der Waals surface area (Å²) in [4.78, 5) is 20.9. The number of carbonyl (C=O) groups excluding carboxylic acids is 2. The number of hydrogen-bond acceptors (Lipinski definition) is 4. The number of hydrogen-bond donors (Lipinski definition) is 0. The van der Waals surface area contributed by atoms with E-state index in [4.69, 9.17) is 0 Å². The largest absolute Gasteiger partial charge is 0.430 e. The van der Waals surface area contributed by atoms with E-state index in [2.05, 4.69) is 16.4 Å². The number of unbranched alkanes of at least 4 members (excludes halogenated alkanes) is 8. The maximum atomic E-state index is 11.1. The van der Waals surface area contributed by atoms with Gasteiger partial charge in [0.2, 0.25) is 6.79 Å². The summed E-state index contributed by atoms with van der Waals surface area (Å²) in [5.41, 5.74) is 0. The van der Waals surface area contributed by atoms with Gasteiger partial charge < -0.3 is 9.47 Å². The molecule has 0 amide bonds. The van der Waals surface area contributed by atoms with Crippen LogP contribution < -0.4 is 0 Å². The van der Waals surface area contributed by atoms with E-state index in [0.29, 0.717) is 6.42 Å². The Labute approximate surface area is 110 Å². The molecule has 0 unspecified atom stereocenters. The number of ether oxygens (including phenoxy) is 2. The Morgan fingerprint density at radius 3 is 2.06 bits per heavy atom. The van der Waals surface area contributed by atoms with Crippen molar-refractivity contribution in [2.24, 2.45) is 0 Å².